The molecule has 37 heavy (non-hydrogen) atoms. The Kier molecular flexibility index (Phi) is 9.92. The average Bonchev–Trinajstić information content (AvgIpc) is 2.82. The van der Waals surface area contributed by atoms with Crippen LogP contribution in [-0.2, 0) is 10.2 Å². The van der Waals surface area contributed by atoms with E-state index in [1.165, 1.54) is 0 Å². The van der Waals surface area contributed by atoms with Crippen LogP contribution in [0.3, 0.4) is 0 Å². The van der Waals surface area contributed by atoms with Gasteiger partial charge in [0.25, 0.3) is 5.91 Å². The van der Waals surface area contributed by atoms with E-state index < -0.39 is 0 Å². The van der Waals surface area contributed by atoms with Crippen LogP contribution in [-0.4, -0.2) is 23.5 Å². The van der Waals surface area contributed by atoms with Crippen LogP contribution in [0.5, 0.6) is 5.75 Å². The average molecular weight is 559 g/mol. The Morgan fingerprint density at radius 1 is 0.919 bits per heavy atom. The quantitative estimate of drug-likeness (QED) is 0.201. The molecule has 0 aromatic heterocycles. The van der Waals surface area contributed by atoms with Crippen molar-refractivity contribution >= 4 is 63.7 Å². The molecule has 0 spiro atoms. The smallest absolute Gasteiger partial charge is 0.255 e. The van der Waals surface area contributed by atoms with Gasteiger partial charge in [-0.1, -0.05) is 62.2 Å². The lowest BCUT2D eigenvalue weighted by Crippen LogP contribution is -2.34. The van der Waals surface area contributed by atoms with Crippen molar-refractivity contribution in [3.05, 3.63) is 87.9 Å². The largest absolute Gasteiger partial charge is 0.492 e. The van der Waals surface area contributed by atoms with Crippen molar-refractivity contribution in [2.24, 2.45) is 0 Å². The molecule has 0 aliphatic rings. The third-order valence-electron chi connectivity index (χ3n) is 5.34. The summed E-state index contributed by atoms with van der Waals surface area (Å²) in [5, 5.41) is 9.60. The molecule has 0 bridgehead atoms. The third-order valence-corrected chi connectivity index (χ3v) is 6.08. The summed E-state index contributed by atoms with van der Waals surface area (Å²) in [5.74, 6) is 0.0552. The Labute approximate surface area is 232 Å². The molecule has 0 unspecified atom stereocenters. The van der Waals surface area contributed by atoms with Crippen molar-refractivity contribution in [1.29, 1.82) is 0 Å². The van der Waals surface area contributed by atoms with E-state index in [1.807, 2.05) is 24.3 Å². The van der Waals surface area contributed by atoms with E-state index in [2.05, 4.69) is 36.7 Å². The van der Waals surface area contributed by atoms with Gasteiger partial charge in [-0.05, 0) is 78.1 Å². The zero-order valence-electron chi connectivity index (χ0n) is 20.9. The fraction of sp³-hybridized carbons (Fsp3) is 0.250. The minimum absolute atomic E-state index is 0.0162. The molecule has 9 heteroatoms. The first-order chi connectivity index (χ1) is 17.5. The second-order valence-electron chi connectivity index (χ2n) is 9.39. The zero-order valence-corrected chi connectivity index (χ0v) is 23.2. The SMILES string of the molecule is CC(C)(C)c1ccc(C(=O)Nc2cccc(NC(=S)NC(=O)CCCOc3ccc(Cl)cc3Cl)c2)cc1. The topological polar surface area (TPSA) is 79.5 Å². The van der Waals surface area contributed by atoms with Gasteiger partial charge in [-0.25, -0.2) is 0 Å². The minimum atomic E-state index is -0.244. The molecule has 6 nitrogen and oxygen atoms in total. The van der Waals surface area contributed by atoms with Gasteiger partial charge < -0.3 is 20.7 Å². The van der Waals surface area contributed by atoms with Crippen LogP contribution in [0, 0.1) is 0 Å². The molecule has 0 saturated heterocycles. The summed E-state index contributed by atoms with van der Waals surface area (Å²) in [5.41, 5.74) is 2.97. The first-order valence-electron chi connectivity index (χ1n) is 11.7. The molecule has 3 N–H and O–H groups in total. The van der Waals surface area contributed by atoms with Gasteiger partial charge in [0.15, 0.2) is 5.11 Å². The van der Waals surface area contributed by atoms with E-state index in [0.29, 0.717) is 45.8 Å². The predicted octanol–water partition coefficient (Wildman–Crippen LogP) is 7.22. The molecule has 3 aromatic carbocycles. The Bertz CT molecular complexity index is 1270. The Balaban J connectivity index is 1.45. The first-order valence-corrected chi connectivity index (χ1v) is 12.9. The Morgan fingerprint density at radius 3 is 2.24 bits per heavy atom. The Hall–Kier alpha value is -3.13. The van der Waals surface area contributed by atoms with E-state index >= 15 is 0 Å². The first kappa shape index (κ1) is 28.4. The molecule has 0 atom stereocenters. The molecular weight excluding hydrogens is 529 g/mol. The van der Waals surface area contributed by atoms with Crippen LogP contribution >= 0.6 is 35.4 Å². The van der Waals surface area contributed by atoms with Gasteiger partial charge in [-0.15, -0.1) is 0 Å². The molecule has 0 fully saturated rings. The highest BCUT2D eigenvalue weighted by Gasteiger charge is 2.14. The maximum atomic E-state index is 12.7. The van der Waals surface area contributed by atoms with Gasteiger partial charge in [0.2, 0.25) is 5.91 Å². The van der Waals surface area contributed by atoms with E-state index in [0.717, 1.165) is 5.56 Å². The van der Waals surface area contributed by atoms with Crippen molar-refractivity contribution in [3.8, 4) is 5.75 Å². The van der Waals surface area contributed by atoms with E-state index in [4.69, 9.17) is 40.2 Å². The second kappa shape index (κ2) is 12.9. The summed E-state index contributed by atoms with van der Waals surface area (Å²) in [7, 11) is 0. The molecule has 0 radical (unpaired) electrons. The fourth-order valence-electron chi connectivity index (χ4n) is 3.36. The number of thiocarbonyl (C=S) groups is 1. The number of carbonyl (C=O) groups excluding carboxylic acids is 2. The maximum Gasteiger partial charge on any atom is 0.255 e. The number of hydrogen-bond donors (Lipinski definition) is 3. The molecule has 194 valence electrons. The van der Waals surface area contributed by atoms with Crippen LogP contribution in [0.1, 0.15) is 49.5 Å². The summed E-state index contributed by atoms with van der Waals surface area (Å²) >= 11 is 17.2. The minimum Gasteiger partial charge on any atom is -0.492 e. The van der Waals surface area contributed by atoms with Crippen LogP contribution in [0.25, 0.3) is 0 Å². The molecule has 0 aliphatic heterocycles. The predicted molar refractivity (Wildman–Crippen MR) is 155 cm³/mol. The third kappa shape index (κ3) is 9.04. The number of nitrogens with one attached hydrogen (secondary N) is 3. The van der Waals surface area contributed by atoms with Gasteiger partial charge in [-0.2, -0.15) is 0 Å². The summed E-state index contributed by atoms with van der Waals surface area (Å²) in [6.07, 6.45) is 0.697. The van der Waals surface area contributed by atoms with E-state index in [-0.39, 0.29) is 28.8 Å². The van der Waals surface area contributed by atoms with E-state index in [9.17, 15) is 9.59 Å². The van der Waals surface area contributed by atoms with Crippen LogP contribution in [0.15, 0.2) is 66.7 Å². The number of benzene rings is 3. The monoisotopic (exact) mass is 557 g/mol. The van der Waals surface area contributed by atoms with Crippen LogP contribution < -0.4 is 20.7 Å². The lowest BCUT2D eigenvalue weighted by atomic mass is 9.87. The second-order valence-corrected chi connectivity index (χ2v) is 10.6. The standard InChI is InChI=1S/C28H29Cl2N3O3S/c1-28(2,3)19-11-9-18(10-12-19)26(35)31-21-6-4-7-22(17-21)32-27(37)33-25(34)8-5-15-36-24-14-13-20(29)16-23(24)30/h4,6-7,9-14,16-17H,5,8,15H2,1-3H3,(H,31,35)(H2,32,33,34,37). The lowest BCUT2D eigenvalue weighted by molar-refractivity contribution is -0.119. The molecule has 3 aromatic rings. The van der Waals surface area contributed by atoms with Crippen molar-refractivity contribution in [3.63, 3.8) is 0 Å². The number of ether oxygens (including phenoxy) is 1. The number of hydrogen-bond acceptors (Lipinski definition) is 4. The van der Waals surface area contributed by atoms with Crippen molar-refractivity contribution in [2.45, 2.75) is 39.0 Å². The molecule has 2 amide bonds. The fourth-order valence-corrected chi connectivity index (χ4v) is 4.05. The van der Waals surface area contributed by atoms with Gasteiger partial charge in [0.05, 0.1) is 11.6 Å². The summed E-state index contributed by atoms with van der Waals surface area (Å²) in [6.45, 7) is 6.69. The number of halogens is 2. The van der Waals surface area contributed by atoms with Gasteiger partial charge >= 0.3 is 0 Å². The van der Waals surface area contributed by atoms with Crippen LogP contribution in [0.2, 0.25) is 10.0 Å². The van der Waals surface area contributed by atoms with E-state index in [1.54, 1.807) is 42.5 Å². The van der Waals surface area contributed by atoms with Gasteiger partial charge in [0, 0.05) is 28.4 Å². The highest BCUT2D eigenvalue weighted by atomic mass is 35.5. The highest BCUT2D eigenvalue weighted by molar-refractivity contribution is 7.80. The number of carbonyl (C=O) groups is 2. The summed E-state index contributed by atoms with van der Waals surface area (Å²) in [6, 6.07) is 19.6. The van der Waals surface area contributed by atoms with Crippen molar-refractivity contribution < 1.29 is 14.3 Å². The molecule has 3 rings (SSSR count). The van der Waals surface area contributed by atoms with Crippen molar-refractivity contribution in [1.82, 2.24) is 5.32 Å². The molecule has 0 aliphatic carbocycles. The van der Waals surface area contributed by atoms with Gasteiger partial charge in [0.1, 0.15) is 5.75 Å². The number of rotatable bonds is 8. The molecule has 0 saturated carbocycles. The zero-order chi connectivity index (χ0) is 27.0. The summed E-state index contributed by atoms with van der Waals surface area (Å²) in [4.78, 5) is 24.9. The van der Waals surface area contributed by atoms with Crippen LogP contribution in [0.4, 0.5) is 11.4 Å². The number of anilines is 2. The Morgan fingerprint density at radius 2 is 1.59 bits per heavy atom. The highest BCUT2D eigenvalue weighted by Crippen LogP contribution is 2.27. The normalized spacial score (nSPS) is 10.9. The number of amides is 2. The molecular formula is C28H29Cl2N3O3S. The van der Waals surface area contributed by atoms with Gasteiger partial charge in [-0.3, -0.25) is 9.59 Å². The summed E-state index contributed by atoms with van der Waals surface area (Å²) < 4.78 is 5.59. The lowest BCUT2D eigenvalue weighted by Gasteiger charge is -2.19. The maximum absolute atomic E-state index is 12.7. The molecule has 0 heterocycles. The van der Waals surface area contributed by atoms with Crippen molar-refractivity contribution in [2.75, 3.05) is 17.2 Å².